The molecule has 1 aliphatic heterocycles. The minimum absolute atomic E-state index is 0.0875. The number of hydrogen-bond donors (Lipinski definition) is 2. The SMILES string of the molecule is N#CCCC[C@@H](NC(=O)[C@@H]1Cc2ccccc2CN1C(=O)OCc1ccccc1)C(N)=O. The van der Waals surface area contributed by atoms with Gasteiger partial charge in [0, 0.05) is 12.8 Å². The van der Waals surface area contributed by atoms with Crippen molar-refractivity contribution in [3.05, 3.63) is 71.3 Å². The first-order valence-corrected chi connectivity index (χ1v) is 10.5. The summed E-state index contributed by atoms with van der Waals surface area (Å²) in [6.45, 7) is 0.307. The van der Waals surface area contributed by atoms with Crippen LogP contribution in [0.15, 0.2) is 54.6 Å². The summed E-state index contributed by atoms with van der Waals surface area (Å²) < 4.78 is 5.47. The van der Waals surface area contributed by atoms with Crippen LogP contribution in [0, 0.1) is 11.3 Å². The first-order chi connectivity index (χ1) is 15.5. The van der Waals surface area contributed by atoms with Crippen molar-refractivity contribution < 1.29 is 19.1 Å². The zero-order valence-corrected chi connectivity index (χ0v) is 17.7. The number of ether oxygens (including phenoxy) is 1. The third kappa shape index (κ3) is 5.85. The summed E-state index contributed by atoms with van der Waals surface area (Å²) in [6, 6.07) is 17.1. The predicted octanol–water partition coefficient (Wildman–Crippen LogP) is 2.41. The number of primary amides is 1. The maximum Gasteiger partial charge on any atom is 0.411 e. The lowest BCUT2D eigenvalue weighted by Gasteiger charge is -2.35. The van der Waals surface area contributed by atoms with Gasteiger partial charge in [-0.3, -0.25) is 14.5 Å². The lowest BCUT2D eigenvalue weighted by atomic mass is 9.93. The highest BCUT2D eigenvalue weighted by molar-refractivity contribution is 5.91. The van der Waals surface area contributed by atoms with Crippen LogP contribution in [-0.2, 0) is 33.9 Å². The molecule has 3 N–H and O–H groups in total. The zero-order chi connectivity index (χ0) is 22.9. The maximum atomic E-state index is 13.1. The standard InChI is InChI=1S/C24H26N4O4/c25-13-7-6-12-20(22(26)29)27-23(30)21-14-18-10-4-5-11-19(18)15-28(21)24(31)32-16-17-8-2-1-3-9-17/h1-5,8-11,20-21H,6-7,12,14-16H2,(H2,26,29)(H,27,30)/t20-,21+/m1/s1. The average molecular weight is 434 g/mol. The van der Waals surface area contributed by atoms with Crippen molar-refractivity contribution in [1.29, 1.82) is 5.26 Å². The number of nitrogens with zero attached hydrogens (tertiary/aromatic N) is 2. The van der Waals surface area contributed by atoms with Gasteiger partial charge in [-0.15, -0.1) is 0 Å². The summed E-state index contributed by atoms with van der Waals surface area (Å²) in [6.07, 6.45) is 0.640. The Labute approximate surface area is 187 Å². The van der Waals surface area contributed by atoms with Gasteiger partial charge >= 0.3 is 6.09 Å². The molecule has 32 heavy (non-hydrogen) atoms. The van der Waals surface area contributed by atoms with E-state index in [0.717, 1.165) is 16.7 Å². The number of amides is 3. The molecule has 0 radical (unpaired) electrons. The number of benzene rings is 2. The van der Waals surface area contributed by atoms with Crippen molar-refractivity contribution in [2.75, 3.05) is 0 Å². The molecule has 0 aliphatic carbocycles. The number of nitrogens with one attached hydrogen (secondary N) is 1. The van der Waals surface area contributed by atoms with Crippen LogP contribution in [0.25, 0.3) is 0 Å². The fourth-order valence-corrected chi connectivity index (χ4v) is 3.69. The van der Waals surface area contributed by atoms with Gasteiger partial charge in [-0.25, -0.2) is 4.79 Å². The first-order valence-electron chi connectivity index (χ1n) is 10.5. The van der Waals surface area contributed by atoms with E-state index in [0.29, 0.717) is 12.8 Å². The summed E-state index contributed by atoms with van der Waals surface area (Å²) in [7, 11) is 0. The van der Waals surface area contributed by atoms with Gasteiger partial charge in [-0.2, -0.15) is 5.26 Å². The van der Waals surface area contributed by atoms with Crippen LogP contribution in [0.2, 0.25) is 0 Å². The van der Waals surface area contributed by atoms with Gasteiger partial charge in [0.2, 0.25) is 11.8 Å². The first kappa shape index (κ1) is 22.8. The molecule has 3 rings (SSSR count). The number of carbonyl (C=O) groups is 3. The van der Waals surface area contributed by atoms with Crippen molar-refractivity contribution in [3.63, 3.8) is 0 Å². The Morgan fingerprint density at radius 2 is 1.81 bits per heavy atom. The van der Waals surface area contributed by atoms with Gasteiger partial charge in [0.05, 0.1) is 12.6 Å². The topological polar surface area (TPSA) is 126 Å². The highest BCUT2D eigenvalue weighted by atomic mass is 16.6. The molecule has 0 saturated heterocycles. The Morgan fingerprint density at radius 1 is 1.12 bits per heavy atom. The van der Waals surface area contributed by atoms with Crippen molar-refractivity contribution in [1.82, 2.24) is 10.2 Å². The van der Waals surface area contributed by atoms with Crippen molar-refractivity contribution in [2.24, 2.45) is 5.73 Å². The van der Waals surface area contributed by atoms with E-state index < -0.39 is 30.0 Å². The second kappa shape index (κ2) is 11.0. The summed E-state index contributed by atoms with van der Waals surface area (Å²) in [4.78, 5) is 39.2. The van der Waals surface area contributed by atoms with Crippen LogP contribution in [0.1, 0.15) is 36.0 Å². The molecule has 0 spiro atoms. The van der Waals surface area contributed by atoms with Crippen LogP contribution >= 0.6 is 0 Å². The summed E-state index contributed by atoms with van der Waals surface area (Å²) in [5.74, 6) is -1.15. The molecule has 8 heteroatoms. The minimum atomic E-state index is -0.907. The van der Waals surface area contributed by atoms with Gasteiger partial charge in [-0.1, -0.05) is 54.6 Å². The molecule has 2 atom stereocenters. The van der Waals surface area contributed by atoms with Crippen LogP contribution < -0.4 is 11.1 Å². The Kier molecular flexibility index (Phi) is 7.81. The molecular formula is C24H26N4O4. The summed E-state index contributed by atoms with van der Waals surface area (Å²) in [5.41, 5.74) is 8.17. The fourth-order valence-electron chi connectivity index (χ4n) is 3.69. The van der Waals surface area contributed by atoms with Crippen LogP contribution in [-0.4, -0.2) is 34.9 Å². The fraction of sp³-hybridized carbons (Fsp3) is 0.333. The highest BCUT2D eigenvalue weighted by Gasteiger charge is 2.36. The number of nitrogens with two attached hydrogens (primary N) is 1. The Bertz CT molecular complexity index is 1000. The Hall–Kier alpha value is -3.86. The zero-order valence-electron chi connectivity index (χ0n) is 17.7. The largest absolute Gasteiger partial charge is 0.445 e. The Balaban J connectivity index is 1.75. The normalized spacial score (nSPS) is 15.7. The van der Waals surface area contributed by atoms with Gasteiger partial charge in [0.15, 0.2) is 0 Å². The van der Waals surface area contributed by atoms with Gasteiger partial charge in [-0.05, 0) is 29.5 Å². The van der Waals surface area contributed by atoms with Crippen LogP contribution in [0.5, 0.6) is 0 Å². The Morgan fingerprint density at radius 3 is 2.50 bits per heavy atom. The van der Waals surface area contributed by atoms with E-state index in [1.165, 1.54) is 4.90 Å². The van der Waals surface area contributed by atoms with E-state index in [9.17, 15) is 14.4 Å². The quantitative estimate of drug-likeness (QED) is 0.617. The molecule has 166 valence electrons. The van der Waals surface area contributed by atoms with E-state index in [4.69, 9.17) is 15.7 Å². The third-order valence-electron chi connectivity index (χ3n) is 5.43. The van der Waals surface area contributed by atoms with E-state index in [1.807, 2.05) is 60.7 Å². The summed E-state index contributed by atoms with van der Waals surface area (Å²) >= 11 is 0. The van der Waals surface area contributed by atoms with E-state index in [2.05, 4.69) is 5.32 Å². The van der Waals surface area contributed by atoms with E-state index >= 15 is 0 Å². The van der Waals surface area contributed by atoms with Gasteiger partial charge in [0.1, 0.15) is 18.7 Å². The molecule has 8 nitrogen and oxygen atoms in total. The second-order valence-electron chi connectivity index (χ2n) is 7.67. The molecule has 1 aliphatic rings. The molecule has 3 amide bonds. The molecule has 0 fully saturated rings. The lowest BCUT2D eigenvalue weighted by Crippen LogP contribution is -2.56. The highest BCUT2D eigenvalue weighted by Crippen LogP contribution is 2.24. The van der Waals surface area contributed by atoms with E-state index in [1.54, 1.807) is 0 Å². The molecule has 0 saturated carbocycles. The maximum absolute atomic E-state index is 13.1. The monoisotopic (exact) mass is 434 g/mol. The van der Waals surface area contributed by atoms with Crippen molar-refractivity contribution in [3.8, 4) is 6.07 Å². The third-order valence-corrected chi connectivity index (χ3v) is 5.43. The van der Waals surface area contributed by atoms with Gasteiger partial charge < -0.3 is 15.8 Å². The molecular weight excluding hydrogens is 408 g/mol. The minimum Gasteiger partial charge on any atom is -0.445 e. The smallest absolute Gasteiger partial charge is 0.411 e. The number of unbranched alkanes of at least 4 members (excludes halogenated alkanes) is 1. The second-order valence-corrected chi connectivity index (χ2v) is 7.67. The molecule has 2 aromatic carbocycles. The van der Waals surface area contributed by atoms with Crippen molar-refractivity contribution in [2.45, 2.75) is 50.9 Å². The van der Waals surface area contributed by atoms with Crippen molar-refractivity contribution >= 4 is 17.9 Å². The molecule has 2 aromatic rings. The van der Waals surface area contributed by atoms with E-state index in [-0.39, 0.29) is 26.0 Å². The molecule has 0 aromatic heterocycles. The number of rotatable bonds is 8. The molecule has 1 heterocycles. The lowest BCUT2D eigenvalue weighted by molar-refractivity contribution is -0.131. The number of hydrogen-bond acceptors (Lipinski definition) is 5. The van der Waals surface area contributed by atoms with Crippen LogP contribution in [0.4, 0.5) is 4.79 Å². The number of carbonyl (C=O) groups excluding carboxylic acids is 3. The van der Waals surface area contributed by atoms with Gasteiger partial charge in [0.25, 0.3) is 0 Å². The summed E-state index contributed by atoms with van der Waals surface area (Å²) in [5, 5.41) is 11.4. The van der Waals surface area contributed by atoms with Crippen LogP contribution in [0.3, 0.4) is 0 Å². The molecule has 0 bridgehead atoms. The number of fused-ring (bicyclic) bond motifs is 1. The predicted molar refractivity (Wildman–Crippen MR) is 117 cm³/mol. The molecule has 0 unspecified atom stereocenters. The number of nitriles is 1. The average Bonchev–Trinajstić information content (AvgIpc) is 2.81.